The van der Waals surface area contributed by atoms with Crippen molar-refractivity contribution in [1.29, 1.82) is 0 Å². The van der Waals surface area contributed by atoms with E-state index in [9.17, 15) is 19.7 Å². The van der Waals surface area contributed by atoms with Crippen molar-refractivity contribution in [3.8, 4) is 17.2 Å². The third-order valence-electron chi connectivity index (χ3n) is 5.22. The Kier molecular flexibility index (Phi) is 6.96. The molecule has 0 aliphatic carbocycles. The third kappa shape index (κ3) is 5.33. The minimum atomic E-state index is -0.544. The molecule has 36 heavy (non-hydrogen) atoms. The van der Waals surface area contributed by atoms with E-state index in [1.54, 1.807) is 30.3 Å². The fourth-order valence-corrected chi connectivity index (χ4v) is 3.50. The Morgan fingerprint density at radius 2 is 1.89 bits per heavy atom. The van der Waals surface area contributed by atoms with E-state index in [1.165, 1.54) is 30.0 Å². The van der Waals surface area contributed by atoms with Crippen LogP contribution in [-0.4, -0.2) is 34.3 Å². The minimum Gasteiger partial charge on any atom is -0.493 e. The molecule has 0 saturated carbocycles. The molecule has 1 heterocycles. The number of aromatic nitrogens is 2. The maximum Gasteiger partial charge on any atom is 0.279 e. The van der Waals surface area contributed by atoms with Crippen LogP contribution >= 0.6 is 0 Å². The number of nitrogens with zero attached hydrogens (tertiary/aromatic N) is 2. The molecule has 0 unspecified atom stereocenters. The number of ether oxygens (including phenoxy) is 2. The molecule has 182 valence electrons. The van der Waals surface area contributed by atoms with Gasteiger partial charge in [-0.15, -0.1) is 0 Å². The van der Waals surface area contributed by atoms with Gasteiger partial charge in [-0.05, 0) is 42.0 Å². The molecular formula is C26H22N4O6. The van der Waals surface area contributed by atoms with Crippen molar-refractivity contribution in [3.05, 3.63) is 109 Å². The first-order valence-corrected chi connectivity index (χ1v) is 10.8. The average Bonchev–Trinajstić information content (AvgIpc) is 3.16. The van der Waals surface area contributed by atoms with Crippen molar-refractivity contribution in [2.24, 2.45) is 0 Å². The monoisotopic (exact) mass is 486 g/mol. The van der Waals surface area contributed by atoms with Crippen LogP contribution in [0.25, 0.3) is 18.3 Å². The van der Waals surface area contributed by atoms with Crippen molar-refractivity contribution in [2.75, 3.05) is 19.0 Å². The lowest BCUT2D eigenvalue weighted by atomic mass is 10.1. The van der Waals surface area contributed by atoms with E-state index in [0.717, 1.165) is 0 Å². The number of nitrogens with one attached hydrogen (secondary N) is 2. The number of aromatic amines is 1. The van der Waals surface area contributed by atoms with Crippen LogP contribution in [0.4, 0.5) is 11.4 Å². The molecule has 2 N–H and O–H groups in total. The zero-order chi connectivity index (χ0) is 25.7. The highest BCUT2D eigenvalue weighted by Gasteiger charge is 2.11. The van der Waals surface area contributed by atoms with Gasteiger partial charge in [0.1, 0.15) is 0 Å². The van der Waals surface area contributed by atoms with Crippen molar-refractivity contribution in [2.45, 2.75) is 0 Å². The van der Waals surface area contributed by atoms with E-state index in [0.29, 0.717) is 33.3 Å². The summed E-state index contributed by atoms with van der Waals surface area (Å²) in [6.45, 7) is 3.59. The van der Waals surface area contributed by atoms with Gasteiger partial charge in [-0.3, -0.25) is 24.8 Å². The SMILES string of the molecule is C=c1[nH]n(-c2ccccc2)c(=O)/c1=C\c1ccc(OCC(=O)Nc2cccc([N+](=O)[O-])c2)c(OC)c1. The second-order valence-electron chi connectivity index (χ2n) is 7.68. The molecule has 0 saturated heterocycles. The Hall–Kier alpha value is -5.12. The summed E-state index contributed by atoms with van der Waals surface area (Å²) in [6, 6.07) is 19.8. The highest BCUT2D eigenvalue weighted by atomic mass is 16.6. The number of amides is 1. The molecule has 4 rings (SSSR count). The van der Waals surface area contributed by atoms with Gasteiger partial charge in [0.25, 0.3) is 17.2 Å². The summed E-state index contributed by atoms with van der Waals surface area (Å²) in [6.07, 6.45) is 1.68. The molecule has 10 nitrogen and oxygen atoms in total. The van der Waals surface area contributed by atoms with E-state index >= 15 is 0 Å². The zero-order valence-electron chi connectivity index (χ0n) is 19.3. The van der Waals surface area contributed by atoms with Crippen LogP contribution in [0.2, 0.25) is 0 Å². The standard InChI is InChI=1S/C26H22N4O6/c1-17-22(26(32)29(28-17)20-8-4-3-5-9-20)13-18-11-12-23(24(14-18)35-2)36-16-25(31)27-19-7-6-10-21(15-19)30(33)34/h3-15,28H,1,16H2,2H3,(H,27,31)/b22-13-. The molecule has 0 aliphatic heterocycles. The average molecular weight is 486 g/mol. The third-order valence-corrected chi connectivity index (χ3v) is 5.22. The molecule has 3 aromatic carbocycles. The molecule has 1 amide bonds. The maximum atomic E-state index is 12.9. The van der Waals surface area contributed by atoms with Crippen LogP contribution in [0.15, 0.2) is 77.6 Å². The summed E-state index contributed by atoms with van der Waals surface area (Å²) in [5.41, 5.74) is 1.26. The molecule has 0 spiro atoms. The second kappa shape index (κ2) is 10.4. The summed E-state index contributed by atoms with van der Waals surface area (Å²) in [5.74, 6) is 0.176. The van der Waals surface area contributed by atoms with Crippen LogP contribution in [-0.2, 0) is 4.79 Å². The Morgan fingerprint density at radius 1 is 1.11 bits per heavy atom. The van der Waals surface area contributed by atoms with Gasteiger partial charge in [0.2, 0.25) is 0 Å². The summed E-state index contributed by atoms with van der Waals surface area (Å²) in [4.78, 5) is 35.5. The van der Waals surface area contributed by atoms with E-state index < -0.39 is 10.8 Å². The summed E-state index contributed by atoms with van der Waals surface area (Å²) in [5, 5.41) is 17.3. The Bertz CT molecular complexity index is 1590. The lowest BCUT2D eigenvalue weighted by Crippen LogP contribution is -2.33. The predicted octanol–water partition coefficient (Wildman–Crippen LogP) is 2.34. The van der Waals surface area contributed by atoms with Gasteiger partial charge in [-0.2, -0.15) is 0 Å². The van der Waals surface area contributed by atoms with Crippen molar-refractivity contribution >= 4 is 29.9 Å². The topological polar surface area (TPSA) is 128 Å². The van der Waals surface area contributed by atoms with Crippen LogP contribution in [0.3, 0.4) is 0 Å². The van der Waals surface area contributed by atoms with E-state index in [4.69, 9.17) is 9.47 Å². The van der Waals surface area contributed by atoms with Gasteiger partial charge in [0.15, 0.2) is 18.1 Å². The normalized spacial score (nSPS) is 11.2. The van der Waals surface area contributed by atoms with E-state index in [1.807, 2.05) is 30.3 Å². The van der Waals surface area contributed by atoms with Crippen molar-refractivity contribution < 1.29 is 19.2 Å². The number of carbonyl (C=O) groups is 1. The van der Waals surface area contributed by atoms with Gasteiger partial charge >= 0.3 is 0 Å². The number of hydrogen-bond acceptors (Lipinski definition) is 6. The molecular weight excluding hydrogens is 464 g/mol. The second-order valence-corrected chi connectivity index (χ2v) is 7.68. The number of hydrogen-bond donors (Lipinski definition) is 2. The first kappa shape index (κ1) is 24.0. The summed E-state index contributed by atoms with van der Waals surface area (Å²) < 4.78 is 12.4. The van der Waals surface area contributed by atoms with Gasteiger partial charge in [-0.1, -0.05) is 36.9 Å². The van der Waals surface area contributed by atoms with Crippen LogP contribution in [0.1, 0.15) is 5.56 Å². The number of benzene rings is 3. The maximum absolute atomic E-state index is 12.9. The number of non-ortho nitro benzene ring substituents is 1. The van der Waals surface area contributed by atoms with Crippen LogP contribution in [0.5, 0.6) is 11.5 Å². The first-order chi connectivity index (χ1) is 17.4. The number of methoxy groups -OCH3 is 1. The number of para-hydroxylation sites is 1. The molecule has 0 aliphatic rings. The number of carbonyl (C=O) groups excluding carboxylic acids is 1. The Balaban J connectivity index is 1.51. The van der Waals surface area contributed by atoms with Crippen molar-refractivity contribution in [1.82, 2.24) is 9.78 Å². The van der Waals surface area contributed by atoms with Gasteiger partial charge in [0, 0.05) is 17.8 Å². The largest absolute Gasteiger partial charge is 0.493 e. The number of nitro benzene ring substituents is 1. The van der Waals surface area contributed by atoms with Gasteiger partial charge < -0.3 is 14.8 Å². The highest BCUT2D eigenvalue weighted by Crippen LogP contribution is 2.28. The fraction of sp³-hybridized carbons (Fsp3) is 0.0769. The Morgan fingerprint density at radius 3 is 2.61 bits per heavy atom. The van der Waals surface area contributed by atoms with Crippen molar-refractivity contribution in [3.63, 3.8) is 0 Å². The smallest absolute Gasteiger partial charge is 0.279 e. The Labute approximate surface area is 204 Å². The lowest BCUT2D eigenvalue weighted by Gasteiger charge is -2.11. The number of anilines is 1. The molecule has 0 atom stereocenters. The van der Waals surface area contributed by atoms with Crippen LogP contribution in [0, 0.1) is 10.1 Å². The number of rotatable bonds is 8. The molecule has 10 heteroatoms. The molecule has 4 aromatic rings. The molecule has 1 aromatic heterocycles. The van der Waals surface area contributed by atoms with E-state index in [2.05, 4.69) is 17.0 Å². The van der Waals surface area contributed by atoms with Gasteiger partial charge in [0.05, 0.1) is 28.3 Å². The molecule has 0 fully saturated rings. The summed E-state index contributed by atoms with van der Waals surface area (Å²) >= 11 is 0. The minimum absolute atomic E-state index is 0.134. The highest BCUT2D eigenvalue weighted by molar-refractivity contribution is 5.92. The number of nitro groups is 1. The zero-order valence-corrected chi connectivity index (χ0v) is 19.3. The quantitative estimate of drug-likeness (QED) is 0.291. The lowest BCUT2D eigenvalue weighted by molar-refractivity contribution is -0.384. The molecule has 0 bridgehead atoms. The summed E-state index contributed by atoms with van der Waals surface area (Å²) in [7, 11) is 1.46. The first-order valence-electron chi connectivity index (χ1n) is 10.8. The van der Waals surface area contributed by atoms with Gasteiger partial charge in [-0.25, -0.2) is 4.68 Å². The van der Waals surface area contributed by atoms with E-state index in [-0.39, 0.29) is 23.5 Å². The molecule has 0 radical (unpaired) electrons. The fourth-order valence-electron chi connectivity index (χ4n) is 3.50. The predicted molar refractivity (Wildman–Crippen MR) is 135 cm³/mol. The van der Waals surface area contributed by atoms with Crippen LogP contribution < -0.4 is 30.9 Å². The number of H-pyrrole nitrogens is 1.